The van der Waals surface area contributed by atoms with E-state index in [2.05, 4.69) is 38.3 Å². The Morgan fingerprint density at radius 3 is 2.68 bits per heavy atom. The van der Waals surface area contributed by atoms with Gasteiger partial charge in [0.25, 0.3) is 0 Å². The number of carbonyl (C=O) groups excluding carboxylic acids is 1. The third kappa shape index (κ3) is 4.54. The van der Waals surface area contributed by atoms with Crippen LogP contribution in [0.4, 0.5) is 4.79 Å². The van der Waals surface area contributed by atoms with Gasteiger partial charge in [0.05, 0.1) is 12.2 Å². The Hall–Kier alpha value is -2.48. The molecule has 0 spiro atoms. The van der Waals surface area contributed by atoms with Crippen molar-refractivity contribution < 1.29 is 4.79 Å². The zero-order valence-corrected chi connectivity index (χ0v) is 14.7. The fourth-order valence-corrected chi connectivity index (χ4v) is 3.08. The maximum Gasteiger partial charge on any atom is 0.317 e. The molecule has 0 saturated carbocycles. The SMILES string of the molecule is C[C@H](c1ccccn1)N1CCN(C(=O)N[C@@H](C)Cn2cncn2)CC1. The van der Waals surface area contributed by atoms with Crippen molar-refractivity contribution in [3.05, 3.63) is 42.7 Å². The Morgan fingerprint density at radius 1 is 1.24 bits per heavy atom. The summed E-state index contributed by atoms with van der Waals surface area (Å²) in [6, 6.07) is 6.24. The quantitative estimate of drug-likeness (QED) is 0.881. The number of aromatic nitrogens is 4. The van der Waals surface area contributed by atoms with Crippen molar-refractivity contribution in [1.29, 1.82) is 0 Å². The van der Waals surface area contributed by atoms with E-state index in [0.717, 1.165) is 31.9 Å². The van der Waals surface area contributed by atoms with Gasteiger partial charge in [-0.15, -0.1) is 0 Å². The molecular weight excluding hydrogens is 318 g/mol. The molecule has 3 rings (SSSR count). The molecule has 0 aromatic carbocycles. The molecule has 8 nitrogen and oxygen atoms in total. The van der Waals surface area contributed by atoms with Crippen LogP contribution in [0.15, 0.2) is 37.1 Å². The van der Waals surface area contributed by atoms with Gasteiger partial charge in [-0.1, -0.05) is 6.07 Å². The number of hydrogen-bond donors (Lipinski definition) is 1. The highest BCUT2D eigenvalue weighted by Gasteiger charge is 2.25. The molecule has 2 aromatic heterocycles. The monoisotopic (exact) mass is 343 g/mol. The smallest absolute Gasteiger partial charge is 0.317 e. The third-order valence-electron chi connectivity index (χ3n) is 4.56. The molecule has 3 heterocycles. The minimum absolute atomic E-state index is 0.000304. The molecule has 0 unspecified atom stereocenters. The Kier molecular flexibility index (Phi) is 5.60. The van der Waals surface area contributed by atoms with E-state index in [1.807, 2.05) is 30.2 Å². The van der Waals surface area contributed by atoms with Gasteiger partial charge in [-0.2, -0.15) is 5.10 Å². The molecule has 8 heteroatoms. The van der Waals surface area contributed by atoms with Crippen molar-refractivity contribution in [2.24, 2.45) is 0 Å². The number of piperazine rings is 1. The van der Waals surface area contributed by atoms with Crippen molar-refractivity contribution in [3.8, 4) is 0 Å². The molecule has 1 N–H and O–H groups in total. The third-order valence-corrected chi connectivity index (χ3v) is 4.56. The molecule has 1 aliphatic rings. The number of rotatable bonds is 5. The lowest BCUT2D eigenvalue weighted by atomic mass is 10.1. The Labute approximate surface area is 147 Å². The first-order valence-corrected chi connectivity index (χ1v) is 8.66. The largest absolute Gasteiger partial charge is 0.334 e. The fraction of sp³-hybridized carbons (Fsp3) is 0.529. The lowest BCUT2D eigenvalue weighted by molar-refractivity contribution is 0.111. The van der Waals surface area contributed by atoms with Gasteiger partial charge in [0.15, 0.2) is 0 Å². The van der Waals surface area contributed by atoms with Gasteiger partial charge in [-0.05, 0) is 26.0 Å². The van der Waals surface area contributed by atoms with E-state index in [9.17, 15) is 4.79 Å². The van der Waals surface area contributed by atoms with Gasteiger partial charge < -0.3 is 10.2 Å². The first-order chi connectivity index (χ1) is 12.1. The lowest BCUT2D eigenvalue weighted by Crippen LogP contribution is -2.53. The molecule has 25 heavy (non-hydrogen) atoms. The van der Waals surface area contributed by atoms with Crippen LogP contribution in [0.3, 0.4) is 0 Å². The highest BCUT2D eigenvalue weighted by atomic mass is 16.2. The highest BCUT2D eigenvalue weighted by Crippen LogP contribution is 2.19. The van der Waals surface area contributed by atoms with Crippen LogP contribution in [0, 0.1) is 0 Å². The van der Waals surface area contributed by atoms with Crippen LogP contribution in [0.2, 0.25) is 0 Å². The Bertz CT molecular complexity index is 653. The Balaban J connectivity index is 1.46. The topological polar surface area (TPSA) is 79.2 Å². The fourth-order valence-electron chi connectivity index (χ4n) is 3.08. The summed E-state index contributed by atoms with van der Waals surface area (Å²) in [7, 11) is 0. The minimum atomic E-state index is -0.0160. The lowest BCUT2D eigenvalue weighted by Gasteiger charge is -2.38. The second kappa shape index (κ2) is 8.06. The average molecular weight is 343 g/mol. The number of amides is 2. The molecule has 1 saturated heterocycles. The van der Waals surface area contributed by atoms with Crippen molar-refractivity contribution in [2.45, 2.75) is 32.5 Å². The predicted molar refractivity (Wildman–Crippen MR) is 93.8 cm³/mol. The van der Waals surface area contributed by atoms with Crippen LogP contribution in [0.25, 0.3) is 0 Å². The van der Waals surface area contributed by atoms with E-state index >= 15 is 0 Å². The number of hydrogen-bond acceptors (Lipinski definition) is 5. The summed E-state index contributed by atoms with van der Waals surface area (Å²) in [5, 5.41) is 7.09. The zero-order valence-electron chi connectivity index (χ0n) is 14.7. The van der Waals surface area contributed by atoms with Crippen LogP contribution < -0.4 is 5.32 Å². The van der Waals surface area contributed by atoms with E-state index in [1.54, 1.807) is 11.0 Å². The predicted octanol–water partition coefficient (Wildman–Crippen LogP) is 1.15. The first-order valence-electron chi connectivity index (χ1n) is 8.66. The minimum Gasteiger partial charge on any atom is -0.334 e. The maximum absolute atomic E-state index is 12.4. The first kappa shape index (κ1) is 17.3. The number of nitrogens with zero attached hydrogens (tertiary/aromatic N) is 6. The number of nitrogens with one attached hydrogen (secondary N) is 1. The molecule has 2 amide bonds. The molecule has 1 fully saturated rings. The van der Waals surface area contributed by atoms with E-state index in [0.29, 0.717) is 6.54 Å². The van der Waals surface area contributed by atoms with Crippen molar-refractivity contribution in [2.75, 3.05) is 26.2 Å². The standard InChI is InChI=1S/C17H25N7O/c1-14(11-24-13-18-12-20-24)21-17(25)23-9-7-22(8-10-23)15(2)16-5-3-4-6-19-16/h3-6,12-15H,7-11H2,1-2H3,(H,21,25)/t14-,15+/m0/s1. The number of urea groups is 1. The summed E-state index contributed by atoms with van der Waals surface area (Å²) in [6.45, 7) is 7.89. The van der Waals surface area contributed by atoms with Gasteiger partial charge in [-0.25, -0.2) is 9.78 Å². The van der Waals surface area contributed by atoms with Crippen LogP contribution in [-0.2, 0) is 6.54 Å². The second-order valence-electron chi connectivity index (χ2n) is 6.42. The zero-order chi connectivity index (χ0) is 17.6. The van der Waals surface area contributed by atoms with Gasteiger partial charge in [0.1, 0.15) is 12.7 Å². The van der Waals surface area contributed by atoms with E-state index in [-0.39, 0.29) is 18.1 Å². The molecule has 0 bridgehead atoms. The summed E-state index contributed by atoms with van der Waals surface area (Å²) in [5.41, 5.74) is 1.07. The van der Waals surface area contributed by atoms with Gasteiger partial charge >= 0.3 is 6.03 Å². The molecule has 2 aromatic rings. The molecule has 0 radical (unpaired) electrons. The highest BCUT2D eigenvalue weighted by molar-refractivity contribution is 5.74. The molecule has 134 valence electrons. The van der Waals surface area contributed by atoms with Gasteiger partial charge in [0.2, 0.25) is 0 Å². The summed E-state index contributed by atoms with van der Waals surface area (Å²) >= 11 is 0. The summed E-state index contributed by atoms with van der Waals surface area (Å²) in [5.74, 6) is 0. The van der Waals surface area contributed by atoms with E-state index in [1.165, 1.54) is 6.33 Å². The normalized spacial score (nSPS) is 17.9. The second-order valence-corrected chi connectivity index (χ2v) is 6.42. The summed E-state index contributed by atoms with van der Waals surface area (Å²) in [4.78, 5) is 25.0. The van der Waals surface area contributed by atoms with Crippen LogP contribution >= 0.6 is 0 Å². The van der Waals surface area contributed by atoms with E-state index < -0.39 is 0 Å². The van der Waals surface area contributed by atoms with Crippen molar-refractivity contribution >= 4 is 6.03 Å². The molecular formula is C17H25N7O. The summed E-state index contributed by atoms with van der Waals surface area (Å²) in [6.07, 6.45) is 4.98. The van der Waals surface area contributed by atoms with Crippen LogP contribution in [0.1, 0.15) is 25.6 Å². The Morgan fingerprint density at radius 2 is 2.04 bits per heavy atom. The van der Waals surface area contributed by atoms with E-state index in [4.69, 9.17) is 0 Å². The number of pyridine rings is 1. The maximum atomic E-state index is 12.4. The van der Waals surface area contributed by atoms with Crippen molar-refractivity contribution in [1.82, 2.24) is 34.9 Å². The van der Waals surface area contributed by atoms with Gasteiger partial charge in [0, 0.05) is 44.5 Å². The number of carbonyl (C=O) groups is 1. The van der Waals surface area contributed by atoms with Crippen LogP contribution in [-0.4, -0.2) is 67.8 Å². The molecule has 1 aliphatic heterocycles. The van der Waals surface area contributed by atoms with Gasteiger partial charge in [-0.3, -0.25) is 14.6 Å². The molecule has 2 atom stereocenters. The molecule has 0 aliphatic carbocycles. The average Bonchev–Trinajstić information content (AvgIpc) is 3.14. The summed E-state index contributed by atoms with van der Waals surface area (Å²) < 4.78 is 1.72. The van der Waals surface area contributed by atoms with Crippen molar-refractivity contribution in [3.63, 3.8) is 0 Å². The van der Waals surface area contributed by atoms with Crippen LogP contribution in [0.5, 0.6) is 0 Å².